The summed E-state index contributed by atoms with van der Waals surface area (Å²) >= 11 is 1.80. The van der Waals surface area contributed by atoms with E-state index in [1.54, 1.807) is 25.7 Å². The number of halogens is 1. The molecule has 0 aliphatic rings. The molecule has 1 aromatic carbocycles. The van der Waals surface area contributed by atoms with Crippen LogP contribution in [-0.2, 0) is 6.54 Å². The van der Waals surface area contributed by atoms with Gasteiger partial charge in [0.1, 0.15) is 0 Å². The predicted molar refractivity (Wildman–Crippen MR) is 99.8 cm³/mol. The second-order valence-corrected chi connectivity index (χ2v) is 5.42. The number of hydrogen-bond acceptors (Lipinski definition) is 5. The van der Waals surface area contributed by atoms with Crippen molar-refractivity contribution in [1.29, 1.82) is 0 Å². The number of rotatable bonds is 6. The molecule has 1 heterocycles. The third-order valence-corrected chi connectivity index (χ3v) is 3.62. The molecule has 0 bridgehead atoms. The third kappa shape index (κ3) is 6.65. The van der Waals surface area contributed by atoms with Gasteiger partial charge in [-0.25, -0.2) is 0 Å². The molecule has 2 rings (SSSR count). The second-order valence-electron chi connectivity index (χ2n) is 4.25. The van der Waals surface area contributed by atoms with E-state index >= 15 is 0 Å². The minimum atomic E-state index is 0. The first-order valence-electron chi connectivity index (χ1n) is 6.69. The molecule has 0 aliphatic heterocycles. The highest BCUT2D eigenvalue weighted by Crippen LogP contribution is 2.15. The molecule has 1 aromatic heterocycles. The van der Waals surface area contributed by atoms with Crippen molar-refractivity contribution in [3.63, 3.8) is 0 Å². The van der Waals surface area contributed by atoms with Gasteiger partial charge >= 0.3 is 0 Å². The summed E-state index contributed by atoms with van der Waals surface area (Å²) in [6, 6.07) is 10.3. The standard InChI is InChI=1S/C14H19N5OS.HI/c1-11-18-13(20-19-11)10-17-14(15-2)16-8-9-21-12-6-4-3-5-7-12;/h3-7H,8-10H2,1-2H3,(H2,15,16,17);1H. The molecule has 0 spiro atoms. The molecule has 120 valence electrons. The Labute approximate surface area is 151 Å². The molecule has 0 atom stereocenters. The number of benzene rings is 1. The summed E-state index contributed by atoms with van der Waals surface area (Å²) in [5, 5.41) is 10.1. The Morgan fingerprint density at radius 2 is 2.05 bits per heavy atom. The van der Waals surface area contributed by atoms with Gasteiger partial charge in [-0.1, -0.05) is 23.4 Å². The Balaban J connectivity index is 0.00000242. The first-order chi connectivity index (χ1) is 10.3. The summed E-state index contributed by atoms with van der Waals surface area (Å²) in [6.45, 7) is 3.08. The first kappa shape index (κ1) is 18.8. The van der Waals surface area contributed by atoms with Crippen LogP contribution in [0.5, 0.6) is 0 Å². The van der Waals surface area contributed by atoms with Crippen LogP contribution in [0.4, 0.5) is 0 Å². The summed E-state index contributed by atoms with van der Waals surface area (Å²) in [4.78, 5) is 9.54. The molecular formula is C14H20IN5OS. The van der Waals surface area contributed by atoms with Crippen molar-refractivity contribution >= 4 is 41.7 Å². The lowest BCUT2D eigenvalue weighted by molar-refractivity contribution is 0.371. The van der Waals surface area contributed by atoms with E-state index < -0.39 is 0 Å². The minimum Gasteiger partial charge on any atom is -0.356 e. The summed E-state index contributed by atoms with van der Waals surface area (Å²) in [5.74, 6) is 2.87. The van der Waals surface area contributed by atoms with Gasteiger partial charge in [0.05, 0.1) is 6.54 Å². The van der Waals surface area contributed by atoms with Crippen LogP contribution in [0, 0.1) is 6.92 Å². The van der Waals surface area contributed by atoms with Crippen LogP contribution in [0.2, 0.25) is 0 Å². The van der Waals surface area contributed by atoms with Gasteiger partial charge in [0.2, 0.25) is 5.89 Å². The van der Waals surface area contributed by atoms with Crippen LogP contribution in [0.3, 0.4) is 0 Å². The van der Waals surface area contributed by atoms with Crippen LogP contribution in [0.1, 0.15) is 11.7 Å². The van der Waals surface area contributed by atoms with E-state index in [9.17, 15) is 0 Å². The molecule has 6 nitrogen and oxygen atoms in total. The molecule has 8 heteroatoms. The van der Waals surface area contributed by atoms with E-state index in [1.807, 2.05) is 18.2 Å². The van der Waals surface area contributed by atoms with Crippen LogP contribution in [-0.4, -0.2) is 35.4 Å². The lowest BCUT2D eigenvalue weighted by Crippen LogP contribution is -2.38. The number of guanidine groups is 1. The van der Waals surface area contributed by atoms with E-state index in [4.69, 9.17) is 4.52 Å². The minimum absolute atomic E-state index is 0. The fourth-order valence-corrected chi connectivity index (χ4v) is 2.44. The van der Waals surface area contributed by atoms with Gasteiger partial charge in [-0.2, -0.15) is 4.98 Å². The number of thioether (sulfide) groups is 1. The summed E-state index contributed by atoms with van der Waals surface area (Å²) < 4.78 is 5.03. The Morgan fingerprint density at radius 3 is 2.68 bits per heavy atom. The normalized spacial score (nSPS) is 10.9. The number of aryl methyl sites for hydroxylation is 1. The Morgan fingerprint density at radius 1 is 1.27 bits per heavy atom. The van der Waals surface area contributed by atoms with Crippen LogP contribution < -0.4 is 10.6 Å². The highest BCUT2D eigenvalue weighted by Gasteiger charge is 2.03. The van der Waals surface area contributed by atoms with E-state index in [2.05, 4.69) is 37.9 Å². The topological polar surface area (TPSA) is 75.3 Å². The molecule has 22 heavy (non-hydrogen) atoms. The highest BCUT2D eigenvalue weighted by atomic mass is 127. The van der Waals surface area contributed by atoms with Gasteiger partial charge in [0, 0.05) is 24.2 Å². The maximum Gasteiger partial charge on any atom is 0.246 e. The Bertz CT molecular complexity index is 576. The van der Waals surface area contributed by atoms with Crippen molar-refractivity contribution in [3.05, 3.63) is 42.0 Å². The van der Waals surface area contributed by atoms with Gasteiger partial charge in [0.15, 0.2) is 11.8 Å². The van der Waals surface area contributed by atoms with E-state index in [0.717, 1.165) is 18.3 Å². The molecule has 0 fully saturated rings. The number of nitrogens with one attached hydrogen (secondary N) is 2. The van der Waals surface area contributed by atoms with Crippen molar-refractivity contribution in [3.8, 4) is 0 Å². The van der Waals surface area contributed by atoms with Gasteiger partial charge in [0.25, 0.3) is 0 Å². The zero-order chi connectivity index (χ0) is 14.9. The molecule has 2 aromatic rings. The molecule has 0 radical (unpaired) electrons. The largest absolute Gasteiger partial charge is 0.356 e. The van der Waals surface area contributed by atoms with Gasteiger partial charge < -0.3 is 15.2 Å². The second kappa shape index (κ2) is 10.4. The SMILES string of the molecule is CN=C(NCCSc1ccccc1)NCc1nc(C)no1.I. The average molecular weight is 433 g/mol. The predicted octanol–water partition coefficient (Wildman–Crippen LogP) is 2.45. The van der Waals surface area contributed by atoms with Crippen molar-refractivity contribution in [2.45, 2.75) is 18.4 Å². The summed E-state index contributed by atoms with van der Waals surface area (Å²) in [6.07, 6.45) is 0. The Hall–Kier alpha value is -1.29. The molecule has 0 amide bonds. The molecule has 0 aliphatic carbocycles. The number of aliphatic imine (C=N–C) groups is 1. The number of nitrogens with zero attached hydrogens (tertiary/aromatic N) is 3. The van der Waals surface area contributed by atoms with Crippen LogP contribution in [0.25, 0.3) is 0 Å². The Kier molecular flexibility index (Phi) is 8.90. The third-order valence-electron chi connectivity index (χ3n) is 2.61. The van der Waals surface area contributed by atoms with Crippen molar-refractivity contribution < 1.29 is 4.52 Å². The fraction of sp³-hybridized carbons (Fsp3) is 0.357. The van der Waals surface area contributed by atoms with Gasteiger partial charge in [-0.05, 0) is 19.1 Å². The van der Waals surface area contributed by atoms with E-state index in [1.165, 1.54) is 4.90 Å². The number of aromatic nitrogens is 2. The summed E-state index contributed by atoms with van der Waals surface area (Å²) in [7, 11) is 1.73. The van der Waals surface area contributed by atoms with E-state index in [0.29, 0.717) is 18.3 Å². The maximum atomic E-state index is 5.03. The zero-order valence-corrected chi connectivity index (χ0v) is 15.7. The lowest BCUT2D eigenvalue weighted by atomic mass is 10.4. The highest BCUT2D eigenvalue weighted by molar-refractivity contribution is 14.0. The zero-order valence-electron chi connectivity index (χ0n) is 12.6. The molecule has 0 saturated heterocycles. The molecule has 0 unspecified atom stereocenters. The number of hydrogen-bond donors (Lipinski definition) is 2. The van der Waals surface area contributed by atoms with Crippen molar-refractivity contribution in [2.75, 3.05) is 19.3 Å². The van der Waals surface area contributed by atoms with Gasteiger partial charge in [-0.3, -0.25) is 4.99 Å². The molecule has 0 saturated carbocycles. The van der Waals surface area contributed by atoms with Gasteiger partial charge in [-0.15, -0.1) is 35.7 Å². The molecular weight excluding hydrogens is 413 g/mol. The van der Waals surface area contributed by atoms with Crippen LogP contribution >= 0.6 is 35.7 Å². The van der Waals surface area contributed by atoms with Crippen molar-refractivity contribution in [2.24, 2.45) is 4.99 Å². The smallest absolute Gasteiger partial charge is 0.246 e. The molecule has 2 N–H and O–H groups in total. The average Bonchev–Trinajstić information content (AvgIpc) is 2.93. The van der Waals surface area contributed by atoms with E-state index in [-0.39, 0.29) is 24.0 Å². The first-order valence-corrected chi connectivity index (χ1v) is 7.68. The van der Waals surface area contributed by atoms with Crippen molar-refractivity contribution in [1.82, 2.24) is 20.8 Å². The van der Waals surface area contributed by atoms with Crippen LogP contribution in [0.15, 0.2) is 44.7 Å². The quantitative estimate of drug-likeness (QED) is 0.240. The lowest BCUT2D eigenvalue weighted by Gasteiger charge is -2.10. The monoisotopic (exact) mass is 433 g/mol. The summed E-state index contributed by atoms with van der Waals surface area (Å²) in [5.41, 5.74) is 0. The fourth-order valence-electron chi connectivity index (χ4n) is 1.65. The maximum absolute atomic E-state index is 5.03.